The molecule has 3 rings (SSSR count). The Labute approximate surface area is 182 Å². The van der Waals surface area contributed by atoms with Crippen LogP contribution in [0.5, 0.6) is 0 Å². The molecule has 6 nitrogen and oxygen atoms in total. The molecule has 0 aliphatic carbocycles. The first-order valence-corrected chi connectivity index (χ1v) is 12.7. The summed E-state index contributed by atoms with van der Waals surface area (Å²) in [6, 6.07) is 9.60. The van der Waals surface area contributed by atoms with Gasteiger partial charge in [0.1, 0.15) is 6.04 Å². The van der Waals surface area contributed by atoms with Crippen molar-refractivity contribution in [2.24, 2.45) is 0 Å². The van der Waals surface area contributed by atoms with Crippen molar-refractivity contribution in [2.75, 3.05) is 18.6 Å². The number of hydrogen-bond acceptors (Lipinski definition) is 4. The minimum Gasteiger partial charge on any atom is -0.343 e. The van der Waals surface area contributed by atoms with Crippen LogP contribution in [0.1, 0.15) is 51.0 Å². The molecule has 1 aromatic rings. The van der Waals surface area contributed by atoms with E-state index >= 15 is 0 Å². The normalized spacial score (nSPS) is 26.0. The average Bonchev–Trinajstić information content (AvgIpc) is 3.07. The Bertz CT molecular complexity index is 738. The molecule has 0 bridgehead atoms. The molecule has 2 saturated heterocycles. The lowest BCUT2D eigenvalue weighted by Crippen LogP contribution is -2.54. The fraction of sp³-hybridized carbons (Fsp3) is 0.652. The van der Waals surface area contributed by atoms with Gasteiger partial charge in [0.05, 0.1) is 6.04 Å². The number of benzene rings is 1. The van der Waals surface area contributed by atoms with E-state index in [4.69, 9.17) is 0 Å². The minimum atomic E-state index is -0.969. The van der Waals surface area contributed by atoms with Gasteiger partial charge in [-0.1, -0.05) is 37.3 Å². The molecule has 2 fully saturated rings. The van der Waals surface area contributed by atoms with E-state index in [1.165, 1.54) is 5.56 Å². The van der Waals surface area contributed by atoms with E-state index in [1.54, 1.807) is 7.05 Å². The van der Waals surface area contributed by atoms with Gasteiger partial charge in [0, 0.05) is 34.4 Å². The molecule has 2 heterocycles. The van der Waals surface area contributed by atoms with Crippen molar-refractivity contribution in [1.82, 2.24) is 15.5 Å². The highest BCUT2D eigenvalue weighted by atomic mass is 32.2. The molecule has 30 heavy (non-hydrogen) atoms. The summed E-state index contributed by atoms with van der Waals surface area (Å²) in [6.07, 6.45) is 5.93. The second-order valence-corrected chi connectivity index (χ2v) is 10.0. The first kappa shape index (κ1) is 22.9. The van der Waals surface area contributed by atoms with Crippen LogP contribution < -0.4 is 10.6 Å². The van der Waals surface area contributed by atoms with Crippen molar-refractivity contribution < 1.29 is 13.8 Å². The number of carbonyl (C=O) groups excluding carboxylic acids is 2. The number of aryl methyl sites for hydroxylation is 1. The molecule has 0 spiro atoms. The predicted molar refractivity (Wildman–Crippen MR) is 121 cm³/mol. The van der Waals surface area contributed by atoms with Crippen LogP contribution in [0.15, 0.2) is 30.3 Å². The molecule has 2 aliphatic rings. The molecule has 1 aromatic carbocycles. The first-order chi connectivity index (χ1) is 14.5. The summed E-state index contributed by atoms with van der Waals surface area (Å²) in [5.74, 6) is 1.05. The van der Waals surface area contributed by atoms with Gasteiger partial charge in [-0.15, -0.1) is 0 Å². The maximum absolute atomic E-state index is 13.3. The number of carbonyl (C=O) groups is 2. The van der Waals surface area contributed by atoms with E-state index < -0.39 is 16.8 Å². The molecular weight excluding hydrogens is 398 g/mol. The second kappa shape index (κ2) is 11.0. The highest BCUT2D eigenvalue weighted by molar-refractivity contribution is 7.85. The highest BCUT2D eigenvalue weighted by Crippen LogP contribution is 2.32. The third kappa shape index (κ3) is 5.70. The van der Waals surface area contributed by atoms with Crippen molar-refractivity contribution in [3.8, 4) is 0 Å². The van der Waals surface area contributed by atoms with Crippen LogP contribution in [0.3, 0.4) is 0 Å². The van der Waals surface area contributed by atoms with Crippen molar-refractivity contribution in [3.63, 3.8) is 0 Å². The number of nitrogens with one attached hydrogen (secondary N) is 2. The van der Waals surface area contributed by atoms with Crippen molar-refractivity contribution >= 4 is 22.6 Å². The molecule has 2 amide bonds. The van der Waals surface area contributed by atoms with E-state index in [1.807, 2.05) is 30.0 Å². The summed E-state index contributed by atoms with van der Waals surface area (Å²) < 4.78 is 12.8. The fourth-order valence-electron chi connectivity index (χ4n) is 4.73. The Kier molecular flexibility index (Phi) is 8.45. The Hall–Kier alpha value is -1.73. The van der Waals surface area contributed by atoms with Crippen LogP contribution in [0, 0.1) is 0 Å². The van der Waals surface area contributed by atoms with Crippen LogP contribution in [0.25, 0.3) is 0 Å². The first-order valence-electron chi connectivity index (χ1n) is 11.2. The SMILES string of the molecule is CCC(NC)C(=O)N[C@H]1CCC[C@H]2CC[C@@H](CS(=O)CCc3ccccc3)N2C1=O. The van der Waals surface area contributed by atoms with Crippen molar-refractivity contribution in [3.05, 3.63) is 35.9 Å². The van der Waals surface area contributed by atoms with E-state index in [9.17, 15) is 13.8 Å². The predicted octanol–water partition coefficient (Wildman–Crippen LogP) is 2.00. The lowest BCUT2D eigenvalue weighted by atomic mass is 10.1. The largest absolute Gasteiger partial charge is 0.343 e. The Balaban J connectivity index is 1.60. The molecule has 0 radical (unpaired) electrons. The maximum atomic E-state index is 13.3. The van der Waals surface area contributed by atoms with Crippen LogP contribution in [-0.4, -0.2) is 63.6 Å². The number of nitrogens with zero attached hydrogens (tertiary/aromatic N) is 1. The average molecular weight is 434 g/mol. The van der Waals surface area contributed by atoms with E-state index in [0.29, 0.717) is 24.3 Å². The molecular formula is C23H35N3O3S. The van der Waals surface area contributed by atoms with Crippen molar-refractivity contribution in [1.29, 1.82) is 0 Å². The van der Waals surface area contributed by atoms with Crippen LogP contribution in [0.2, 0.25) is 0 Å². The van der Waals surface area contributed by atoms with Crippen LogP contribution in [0.4, 0.5) is 0 Å². The molecule has 7 heteroatoms. The minimum absolute atomic E-state index is 0.0133. The smallest absolute Gasteiger partial charge is 0.245 e. The van der Waals surface area contributed by atoms with Crippen LogP contribution in [-0.2, 0) is 26.8 Å². The molecule has 2 N–H and O–H groups in total. The summed E-state index contributed by atoms with van der Waals surface area (Å²) >= 11 is 0. The summed E-state index contributed by atoms with van der Waals surface area (Å²) in [5.41, 5.74) is 1.19. The van der Waals surface area contributed by atoms with E-state index in [0.717, 1.165) is 32.1 Å². The molecule has 166 valence electrons. The number of hydrogen-bond donors (Lipinski definition) is 2. The topological polar surface area (TPSA) is 78.5 Å². The van der Waals surface area contributed by atoms with Gasteiger partial charge < -0.3 is 15.5 Å². The van der Waals surface area contributed by atoms with E-state index in [2.05, 4.69) is 22.8 Å². The summed E-state index contributed by atoms with van der Waals surface area (Å²) in [6.45, 7) is 1.95. The third-order valence-electron chi connectivity index (χ3n) is 6.43. The van der Waals surface area contributed by atoms with E-state index in [-0.39, 0.29) is 29.9 Å². The molecule has 0 saturated carbocycles. The molecule has 5 atom stereocenters. The summed E-state index contributed by atoms with van der Waals surface area (Å²) in [5, 5.41) is 5.98. The molecule has 2 unspecified atom stereocenters. The van der Waals surface area contributed by atoms with Gasteiger partial charge in [-0.25, -0.2) is 0 Å². The van der Waals surface area contributed by atoms with Gasteiger partial charge in [-0.2, -0.15) is 0 Å². The third-order valence-corrected chi connectivity index (χ3v) is 7.85. The fourth-order valence-corrected chi connectivity index (χ4v) is 6.12. The summed E-state index contributed by atoms with van der Waals surface area (Å²) in [7, 11) is 0.794. The quantitative estimate of drug-likeness (QED) is 0.624. The zero-order valence-corrected chi connectivity index (χ0v) is 19.0. The highest BCUT2D eigenvalue weighted by Gasteiger charge is 2.42. The Morgan fingerprint density at radius 1 is 1.20 bits per heavy atom. The Morgan fingerprint density at radius 2 is 1.97 bits per heavy atom. The maximum Gasteiger partial charge on any atom is 0.245 e. The standard InChI is InChI=1S/C23H35N3O3S/c1-3-20(24-2)22(27)25-21-11-7-10-18-12-13-19(26(18)23(21)28)16-30(29)15-14-17-8-5-4-6-9-17/h4-6,8-9,18-21,24H,3,7,10-16H2,1-2H3,(H,25,27)/t18-,19-,20?,21-,30?/m0/s1. The van der Waals surface area contributed by atoms with Gasteiger partial charge in [0.2, 0.25) is 11.8 Å². The van der Waals surface area contributed by atoms with Gasteiger partial charge >= 0.3 is 0 Å². The van der Waals surface area contributed by atoms with Gasteiger partial charge in [0.25, 0.3) is 0 Å². The number of amides is 2. The lowest BCUT2D eigenvalue weighted by Gasteiger charge is -2.31. The summed E-state index contributed by atoms with van der Waals surface area (Å²) in [4.78, 5) is 27.8. The number of rotatable bonds is 9. The molecule has 0 aromatic heterocycles. The zero-order chi connectivity index (χ0) is 21.5. The number of likely N-dealkylation sites (N-methyl/N-ethyl adjacent to an activating group) is 1. The number of fused-ring (bicyclic) bond motifs is 1. The van der Waals surface area contributed by atoms with Gasteiger partial charge in [-0.3, -0.25) is 13.8 Å². The second-order valence-electron chi connectivity index (χ2n) is 8.42. The van der Waals surface area contributed by atoms with Crippen LogP contribution >= 0.6 is 0 Å². The molecule has 2 aliphatic heterocycles. The van der Waals surface area contributed by atoms with Gasteiger partial charge in [0.15, 0.2) is 0 Å². The van der Waals surface area contributed by atoms with Gasteiger partial charge in [-0.05, 0) is 57.6 Å². The zero-order valence-electron chi connectivity index (χ0n) is 18.1. The Morgan fingerprint density at radius 3 is 2.67 bits per heavy atom. The van der Waals surface area contributed by atoms with Crippen molar-refractivity contribution in [2.45, 2.75) is 76.0 Å². The monoisotopic (exact) mass is 433 g/mol. The lowest BCUT2D eigenvalue weighted by molar-refractivity contribution is -0.138.